The molecule has 1 rings (SSSR count). The van der Waals surface area contributed by atoms with E-state index in [1.165, 1.54) is 0 Å². The van der Waals surface area contributed by atoms with E-state index in [4.69, 9.17) is 0 Å². The van der Waals surface area contributed by atoms with E-state index >= 15 is 0 Å². The summed E-state index contributed by atoms with van der Waals surface area (Å²) in [6.07, 6.45) is 0.242. The molecule has 1 aromatic carbocycles. The Hall–Kier alpha value is -1.64. The molecule has 1 unspecified atom stereocenters. The first kappa shape index (κ1) is 18.4. The number of amides is 1. The second-order valence-electron chi connectivity index (χ2n) is 8.00. The Kier molecular flexibility index (Phi) is 5.92. The molecule has 122 valence electrons. The maximum Gasteiger partial charge on any atom is 0.221 e. The molecule has 0 spiro atoms. The highest BCUT2D eigenvalue weighted by molar-refractivity contribution is 5.90. The highest BCUT2D eigenvalue weighted by atomic mass is 16.2. The molecule has 3 heteroatoms. The predicted molar refractivity (Wildman–Crippen MR) is 90.3 cm³/mol. The Morgan fingerprint density at radius 2 is 1.55 bits per heavy atom. The van der Waals surface area contributed by atoms with Gasteiger partial charge in [-0.2, -0.15) is 0 Å². The van der Waals surface area contributed by atoms with Crippen LogP contribution < -0.4 is 5.32 Å². The van der Waals surface area contributed by atoms with Crippen molar-refractivity contribution in [3.63, 3.8) is 0 Å². The Bertz CT molecular complexity index is 506. The highest BCUT2D eigenvalue weighted by Gasteiger charge is 2.38. The van der Waals surface area contributed by atoms with Crippen LogP contribution in [0.3, 0.4) is 0 Å². The molecule has 0 fully saturated rings. The van der Waals surface area contributed by atoms with Crippen LogP contribution in [0.25, 0.3) is 0 Å². The van der Waals surface area contributed by atoms with Crippen LogP contribution in [0.2, 0.25) is 0 Å². The molecule has 1 amide bonds. The zero-order valence-corrected chi connectivity index (χ0v) is 14.7. The fourth-order valence-electron chi connectivity index (χ4n) is 2.37. The van der Waals surface area contributed by atoms with Crippen LogP contribution in [-0.2, 0) is 16.1 Å². The Morgan fingerprint density at radius 3 is 2.00 bits per heavy atom. The lowest BCUT2D eigenvalue weighted by Crippen LogP contribution is -2.40. The van der Waals surface area contributed by atoms with Gasteiger partial charge in [0.2, 0.25) is 5.91 Å². The van der Waals surface area contributed by atoms with E-state index in [9.17, 15) is 9.59 Å². The first-order valence-electron chi connectivity index (χ1n) is 7.87. The number of carbonyl (C=O) groups excluding carboxylic acids is 2. The topological polar surface area (TPSA) is 46.2 Å². The Balaban J connectivity index is 2.70. The summed E-state index contributed by atoms with van der Waals surface area (Å²) in [4.78, 5) is 24.9. The van der Waals surface area contributed by atoms with Crippen molar-refractivity contribution in [2.75, 3.05) is 0 Å². The van der Waals surface area contributed by atoms with Crippen LogP contribution in [-0.4, -0.2) is 11.7 Å². The SMILES string of the molecule is CC(C)(C)C(=O)C(CC(=O)NCc1ccccc1)C(C)(C)C. The number of hydrogen-bond donors (Lipinski definition) is 1. The molecule has 0 aliphatic rings. The van der Waals surface area contributed by atoms with Gasteiger partial charge < -0.3 is 5.32 Å². The van der Waals surface area contributed by atoms with Crippen LogP contribution in [0.1, 0.15) is 53.5 Å². The lowest BCUT2D eigenvalue weighted by atomic mass is 9.69. The van der Waals surface area contributed by atoms with Crippen molar-refractivity contribution < 1.29 is 9.59 Å². The van der Waals surface area contributed by atoms with Gasteiger partial charge in [0.25, 0.3) is 0 Å². The van der Waals surface area contributed by atoms with Gasteiger partial charge in [0.1, 0.15) is 5.78 Å². The van der Waals surface area contributed by atoms with E-state index in [0.717, 1.165) is 5.56 Å². The lowest BCUT2D eigenvalue weighted by Gasteiger charge is -2.33. The van der Waals surface area contributed by atoms with Gasteiger partial charge in [-0.05, 0) is 11.0 Å². The van der Waals surface area contributed by atoms with Crippen LogP contribution >= 0.6 is 0 Å². The van der Waals surface area contributed by atoms with Crippen molar-refractivity contribution in [3.8, 4) is 0 Å². The normalized spacial score (nSPS) is 13.5. The summed E-state index contributed by atoms with van der Waals surface area (Å²) in [7, 11) is 0. The van der Waals surface area contributed by atoms with E-state index in [1.807, 2.05) is 71.9 Å². The zero-order valence-electron chi connectivity index (χ0n) is 14.7. The van der Waals surface area contributed by atoms with Gasteiger partial charge >= 0.3 is 0 Å². The second-order valence-corrected chi connectivity index (χ2v) is 8.00. The third-order valence-corrected chi connectivity index (χ3v) is 3.82. The fraction of sp³-hybridized carbons (Fsp3) is 0.579. The third-order valence-electron chi connectivity index (χ3n) is 3.82. The zero-order chi connectivity index (χ0) is 17.0. The molecular weight excluding hydrogens is 274 g/mol. The van der Waals surface area contributed by atoms with Gasteiger partial charge in [-0.15, -0.1) is 0 Å². The van der Waals surface area contributed by atoms with E-state index in [0.29, 0.717) is 6.54 Å². The second kappa shape index (κ2) is 7.08. The summed E-state index contributed by atoms with van der Waals surface area (Å²) in [5.41, 5.74) is 0.400. The van der Waals surface area contributed by atoms with Gasteiger partial charge in [-0.1, -0.05) is 71.9 Å². The monoisotopic (exact) mass is 303 g/mol. The molecule has 0 aliphatic heterocycles. The van der Waals surface area contributed by atoms with Crippen molar-refractivity contribution in [3.05, 3.63) is 35.9 Å². The average molecular weight is 303 g/mol. The summed E-state index contributed by atoms with van der Waals surface area (Å²) >= 11 is 0. The minimum atomic E-state index is -0.433. The van der Waals surface area contributed by atoms with E-state index in [-0.39, 0.29) is 29.4 Å². The van der Waals surface area contributed by atoms with Gasteiger partial charge in [-0.3, -0.25) is 9.59 Å². The molecule has 0 saturated heterocycles. The molecule has 0 saturated carbocycles. The number of ketones is 1. The first-order valence-corrected chi connectivity index (χ1v) is 7.87. The Labute approximate surface area is 134 Å². The number of Topliss-reactive ketones (excluding diaryl/α,β-unsaturated/α-hetero) is 1. The van der Waals surface area contributed by atoms with Crippen molar-refractivity contribution in [1.29, 1.82) is 0 Å². The number of nitrogens with one attached hydrogen (secondary N) is 1. The summed E-state index contributed by atoms with van der Waals surface area (Å²) in [6, 6.07) is 9.79. The molecule has 3 nitrogen and oxygen atoms in total. The summed E-state index contributed by atoms with van der Waals surface area (Å²) in [6.45, 7) is 12.3. The highest BCUT2D eigenvalue weighted by Crippen LogP contribution is 2.35. The van der Waals surface area contributed by atoms with Gasteiger partial charge in [0.15, 0.2) is 0 Å². The van der Waals surface area contributed by atoms with Crippen LogP contribution in [0.4, 0.5) is 0 Å². The lowest BCUT2D eigenvalue weighted by molar-refractivity contribution is -0.137. The van der Waals surface area contributed by atoms with Gasteiger partial charge in [0, 0.05) is 24.3 Å². The number of rotatable bonds is 5. The van der Waals surface area contributed by atoms with Crippen molar-refractivity contribution in [2.45, 2.75) is 54.5 Å². The van der Waals surface area contributed by atoms with E-state index < -0.39 is 5.41 Å². The third kappa shape index (κ3) is 5.63. The standard InChI is InChI=1S/C19H29NO2/c1-18(2,3)15(17(22)19(4,5)6)12-16(21)20-13-14-10-8-7-9-11-14/h7-11,15H,12-13H2,1-6H3,(H,20,21). The van der Waals surface area contributed by atoms with Gasteiger partial charge in [0.05, 0.1) is 0 Å². The fourth-order valence-corrected chi connectivity index (χ4v) is 2.37. The van der Waals surface area contributed by atoms with Crippen LogP contribution in [0.15, 0.2) is 30.3 Å². The minimum Gasteiger partial charge on any atom is -0.352 e. The quantitative estimate of drug-likeness (QED) is 0.894. The maximum absolute atomic E-state index is 12.6. The maximum atomic E-state index is 12.6. The van der Waals surface area contributed by atoms with E-state index in [1.54, 1.807) is 0 Å². The molecule has 1 N–H and O–H groups in total. The molecule has 0 aromatic heterocycles. The van der Waals surface area contributed by atoms with Crippen molar-refractivity contribution in [1.82, 2.24) is 5.32 Å². The summed E-state index contributed by atoms with van der Waals surface area (Å²) < 4.78 is 0. The molecule has 0 aliphatic carbocycles. The average Bonchev–Trinajstić information content (AvgIpc) is 2.40. The first-order chi connectivity index (χ1) is 10.0. The Morgan fingerprint density at radius 1 is 1.00 bits per heavy atom. The molecule has 0 heterocycles. The molecule has 1 atom stereocenters. The molecule has 1 aromatic rings. The smallest absolute Gasteiger partial charge is 0.221 e. The van der Waals surface area contributed by atoms with Crippen molar-refractivity contribution in [2.24, 2.45) is 16.7 Å². The van der Waals surface area contributed by atoms with Crippen LogP contribution in [0, 0.1) is 16.7 Å². The predicted octanol–water partition coefficient (Wildman–Crippen LogP) is 3.97. The largest absolute Gasteiger partial charge is 0.352 e. The molecule has 0 radical (unpaired) electrons. The van der Waals surface area contributed by atoms with Gasteiger partial charge in [-0.25, -0.2) is 0 Å². The molecular formula is C19H29NO2. The summed E-state index contributed by atoms with van der Waals surface area (Å²) in [5.74, 6) is -0.195. The number of benzene rings is 1. The molecule has 0 bridgehead atoms. The number of hydrogen-bond acceptors (Lipinski definition) is 2. The molecule has 22 heavy (non-hydrogen) atoms. The summed E-state index contributed by atoms with van der Waals surface area (Å²) in [5, 5.41) is 2.92. The van der Waals surface area contributed by atoms with E-state index in [2.05, 4.69) is 5.32 Å². The van der Waals surface area contributed by atoms with Crippen LogP contribution in [0.5, 0.6) is 0 Å². The van der Waals surface area contributed by atoms with Crippen molar-refractivity contribution >= 4 is 11.7 Å². The minimum absolute atomic E-state index is 0.0682. The number of carbonyl (C=O) groups is 2.